The fourth-order valence-electron chi connectivity index (χ4n) is 2.27. The van der Waals surface area contributed by atoms with Crippen LogP contribution in [0.5, 0.6) is 5.75 Å². The number of anilines is 2. The second-order valence-electron chi connectivity index (χ2n) is 5.15. The molecule has 1 aliphatic rings. The zero-order valence-corrected chi connectivity index (χ0v) is 12.2. The lowest BCUT2D eigenvalue weighted by Gasteiger charge is -2.33. The summed E-state index contributed by atoms with van der Waals surface area (Å²) in [5, 5.41) is 2.98. The fraction of sp³-hybridized carbons (Fsp3) is 0.333. The maximum Gasteiger partial charge on any atom is 0.573 e. The van der Waals surface area contributed by atoms with E-state index >= 15 is 0 Å². The molecule has 0 radical (unpaired) electrons. The Morgan fingerprint density at radius 1 is 1.13 bits per heavy atom. The summed E-state index contributed by atoms with van der Waals surface area (Å²) in [5.41, 5.74) is 1.39. The zero-order chi connectivity index (χ0) is 16.3. The third-order valence-corrected chi connectivity index (χ3v) is 3.42. The molecule has 5 nitrogen and oxygen atoms in total. The normalized spacial score (nSPS) is 14.3. The molecule has 0 bridgehead atoms. The maximum atomic E-state index is 12.5. The summed E-state index contributed by atoms with van der Waals surface area (Å²) in [6.45, 7) is 1.98. The van der Waals surface area contributed by atoms with Gasteiger partial charge in [0.2, 0.25) is 5.95 Å². The van der Waals surface area contributed by atoms with Crippen molar-refractivity contribution in [1.29, 1.82) is 0 Å². The van der Waals surface area contributed by atoms with Crippen LogP contribution in [-0.2, 0) is 6.54 Å². The molecule has 122 valence electrons. The number of aromatic nitrogens is 2. The number of alkyl halides is 3. The van der Waals surface area contributed by atoms with Gasteiger partial charge in [0.1, 0.15) is 5.75 Å². The summed E-state index contributed by atoms with van der Waals surface area (Å²) in [4.78, 5) is 10.0. The molecule has 2 aromatic rings. The molecule has 0 spiro atoms. The van der Waals surface area contributed by atoms with Gasteiger partial charge in [-0.2, -0.15) is 0 Å². The van der Waals surface area contributed by atoms with Crippen LogP contribution in [0.15, 0.2) is 36.7 Å². The molecule has 3 rings (SSSR count). The minimum absolute atomic E-state index is 0.215. The SMILES string of the molecule is FC(F)(F)Oc1cc(CNc2ncccn2)cc(N2CCC2)c1. The van der Waals surface area contributed by atoms with Crippen LogP contribution in [-0.4, -0.2) is 29.4 Å². The highest BCUT2D eigenvalue weighted by atomic mass is 19.4. The van der Waals surface area contributed by atoms with E-state index in [4.69, 9.17) is 0 Å². The van der Waals surface area contributed by atoms with Gasteiger partial charge in [-0.05, 0) is 30.2 Å². The number of ether oxygens (including phenoxy) is 1. The Hall–Kier alpha value is -2.51. The van der Waals surface area contributed by atoms with Gasteiger partial charge < -0.3 is 15.0 Å². The quantitative estimate of drug-likeness (QED) is 0.915. The third kappa shape index (κ3) is 4.24. The van der Waals surface area contributed by atoms with Gasteiger partial charge in [-0.25, -0.2) is 9.97 Å². The molecule has 23 heavy (non-hydrogen) atoms. The van der Waals surface area contributed by atoms with Gasteiger partial charge in [0.25, 0.3) is 0 Å². The van der Waals surface area contributed by atoms with Gasteiger partial charge in [0.15, 0.2) is 0 Å². The van der Waals surface area contributed by atoms with Crippen LogP contribution in [0.4, 0.5) is 24.8 Å². The first kappa shape index (κ1) is 15.4. The van der Waals surface area contributed by atoms with Gasteiger partial charge in [-0.1, -0.05) is 0 Å². The first-order valence-corrected chi connectivity index (χ1v) is 7.15. The molecule has 1 aromatic carbocycles. The summed E-state index contributed by atoms with van der Waals surface area (Å²) < 4.78 is 41.5. The Morgan fingerprint density at radius 2 is 1.87 bits per heavy atom. The number of rotatable bonds is 5. The highest BCUT2D eigenvalue weighted by Gasteiger charge is 2.31. The van der Waals surface area contributed by atoms with Crippen molar-refractivity contribution in [2.45, 2.75) is 19.3 Å². The Balaban J connectivity index is 1.78. The van der Waals surface area contributed by atoms with Crippen LogP contribution in [0, 0.1) is 0 Å². The van der Waals surface area contributed by atoms with Crippen LogP contribution in [0.3, 0.4) is 0 Å². The van der Waals surface area contributed by atoms with E-state index in [2.05, 4.69) is 20.0 Å². The number of hydrogen-bond acceptors (Lipinski definition) is 5. The molecular weight excluding hydrogens is 309 g/mol. The smallest absolute Gasteiger partial charge is 0.406 e. The van der Waals surface area contributed by atoms with Crippen molar-refractivity contribution in [3.05, 3.63) is 42.2 Å². The van der Waals surface area contributed by atoms with Gasteiger partial charge in [-0.15, -0.1) is 13.2 Å². The third-order valence-electron chi connectivity index (χ3n) is 3.42. The maximum absolute atomic E-state index is 12.5. The average molecular weight is 324 g/mol. The Morgan fingerprint density at radius 3 is 2.48 bits per heavy atom. The lowest BCUT2D eigenvalue weighted by molar-refractivity contribution is -0.274. The molecule has 8 heteroatoms. The largest absolute Gasteiger partial charge is 0.573 e. The summed E-state index contributed by atoms with van der Waals surface area (Å²) in [5.74, 6) is 0.202. The van der Waals surface area contributed by atoms with E-state index in [1.165, 1.54) is 12.1 Å². The van der Waals surface area contributed by atoms with Gasteiger partial charge in [0, 0.05) is 43.8 Å². The molecule has 0 atom stereocenters. The molecule has 1 fully saturated rings. The Labute approximate surface area is 131 Å². The molecule has 1 saturated heterocycles. The fourth-order valence-corrected chi connectivity index (χ4v) is 2.27. The van der Waals surface area contributed by atoms with Crippen molar-refractivity contribution in [3.63, 3.8) is 0 Å². The van der Waals surface area contributed by atoms with E-state index in [9.17, 15) is 13.2 Å². The van der Waals surface area contributed by atoms with E-state index in [1.54, 1.807) is 18.5 Å². The highest BCUT2D eigenvalue weighted by molar-refractivity contribution is 5.55. The second kappa shape index (κ2) is 6.31. The van der Waals surface area contributed by atoms with Crippen LogP contribution in [0.2, 0.25) is 0 Å². The van der Waals surface area contributed by atoms with Crippen molar-refractivity contribution in [2.24, 2.45) is 0 Å². The standard InChI is InChI=1S/C15H15F3N4O/c16-15(17,18)23-13-8-11(7-12(9-13)22-5-2-6-22)10-21-14-19-3-1-4-20-14/h1,3-4,7-9H,2,5-6,10H2,(H,19,20,21). The highest BCUT2D eigenvalue weighted by Crippen LogP contribution is 2.31. The minimum Gasteiger partial charge on any atom is -0.406 e. The van der Waals surface area contributed by atoms with Crippen molar-refractivity contribution in [1.82, 2.24) is 9.97 Å². The van der Waals surface area contributed by atoms with E-state index in [0.29, 0.717) is 18.1 Å². The molecule has 2 heterocycles. The van der Waals surface area contributed by atoms with Crippen LogP contribution in [0.25, 0.3) is 0 Å². The van der Waals surface area contributed by atoms with Crippen molar-refractivity contribution >= 4 is 11.6 Å². The molecular formula is C15H15F3N4O. The second-order valence-corrected chi connectivity index (χ2v) is 5.15. The number of nitrogens with zero attached hydrogens (tertiary/aromatic N) is 3. The molecule has 1 N–H and O–H groups in total. The minimum atomic E-state index is -4.71. The van der Waals surface area contributed by atoms with Crippen molar-refractivity contribution in [3.8, 4) is 5.75 Å². The van der Waals surface area contributed by atoms with Crippen LogP contribution >= 0.6 is 0 Å². The first-order chi connectivity index (χ1) is 11.0. The van der Waals surface area contributed by atoms with Gasteiger partial charge >= 0.3 is 6.36 Å². The lowest BCUT2D eigenvalue weighted by Crippen LogP contribution is -2.37. The van der Waals surface area contributed by atoms with E-state index in [-0.39, 0.29) is 5.75 Å². The summed E-state index contributed by atoms with van der Waals surface area (Å²) in [7, 11) is 0. The number of benzene rings is 1. The van der Waals surface area contributed by atoms with E-state index in [0.717, 1.165) is 25.2 Å². The van der Waals surface area contributed by atoms with Crippen LogP contribution < -0.4 is 15.0 Å². The van der Waals surface area contributed by atoms with Gasteiger partial charge in [0.05, 0.1) is 0 Å². The van der Waals surface area contributed by atoms with E-state index in [1.807, 2.05) is 11.0 Å². The molecule has 0 aliphatic carbocycles. The zero-order valence-electron chi connectivity index (χ0n) is 12.2. The van der Waals surface area contributed by atoms with Gasteiger partial charge in [-0.3, -0.25) is 0 Å². The molecule has 0 unspecified atom stereocenters. The number of nitrogens with one attached hydrogen (secondary N) is 1. The molecule has 0 saturated carbocycles. The predicted molar refractivity (Wildman–Crippen MR) is 79.3 cm³/mol. The summed E-state index contributed by atoms with van der Waals surface area (Å²) >= 11 is 0. The molecule has 1 aliphatic heterocycles. The molecule has 0 amide bonds. The average Bonchev–Trinajstić information content (AvgIpc) is 2.42. The Kier molecular flexibility index (Phi) is 4.22. The van der Waals surface area contributed by atoms with Crippen LogP contribution in [0.1, 0.15) is 12.0 Å². The first-order valence-electron chi connectivity index (χ1n) is 7.15. The number of hydrogen-bond donors (Lipinski definition) is 1. The summed E-state index contributed by atoms with van der Waals surface area (Å²) in [6.07, 6.45) is -0.495. The predicted octanol–water partition coefficient (Wildman–Crippen LogP) is 3.20. The monoisotopic (exact) mass is 324 g/mol. The topological polar surface area (TPSA) is 50.3 Å². The molecule has 1 aromatic heterocycles. The Bertz CT molecular complexity index is 660. The summed E-state index contributed by atoms with van der Waals surface area (Å²) in [6, 6.07) is 6.31. The number of halogens is 3. The van der Waals surface area contributed by atoms with E-state index < -0.39 is 6.36 Å². The lowest BCUT2D eigenvalue weighted by atomic mass is 10.1. The van der Waals surface area contributed by atoms with Crippen molar-refractivity contribution in [2.75, 3.05) is 23.3 Å². The van der Waals surface area contributed by atoms with Crippen molar-refractivity contribution < 1.29 is 17.9 Å².